The Bertz CT molecular complexity index is 1210. The van der Waals surface area contributed by atoms with E-state index in [4.69, 9.17) is 5.14 Å². The van der Waals surface area contributed by atoms with Crippen LogP contribution in [0.5, 0.6) is 0 Å². The smallest absolute Gasteiger partial charge is 0.354 e. The molecule has 11 heteroatoms. The summed E-state index contributed by atoms with van der Waals surface area (Å²) in [5.41, 5.74) is -0.0494. The van der Waals surface area contributed by atoms with Crippen molar-refractivity contribution in [2.45, 2.75) is 68.4 Å². The van der Waals surface area contributed by atoms with Crippen LogP contribution in [0.15, 0.2) is 14.6 Å². The highest BCUT2D eigenvalue weighted by Gasteiger charge is 2.48. The average molecular weight is 471 g/mol. The quantitative estimate of drug-likeness (QED) is 0.621. The molecule has 4 N–H and O–H groups in total. The van der Waals surface area contributed by atoms with E-state index in [1.165, 1.54) is 13.8 Å². The molecular formula is C20H24F2N4O3S2. The fourth-order valence-corrected chi connectivity index (χ4v) is 6.12. The van der Waals surface area contributed by atoms with E-state index in [0.717, 1.165) is 23.7 Å². The summed E-state index contributed by atoms with van der Waals surface area (Å²) in [5, 5.41) is 18.4. The van der Waals surface area contributed by atoms with Crippen LogP contribution in [0, 0.1) is 12.7 Å². The van der Waals surface area contributed by atoms with E-state index < -0.39 is 37.2 Å². The number of nitrogens with one attached hydrogen (secondary N) is 1. The average Bonchev–Trinajstić information content (AvgIpc) is 3.04. The van der Waals surface area contributed by atoms with Gasteiger partial charge in [-0.15, -0.1) is 15.7 Å². The minimum absolute atomic E-state index is 0.207. The number of halogens is 2. The minimum atomic E-state index is -3.90. The highest BCUT2D eigenvalue weighted by molar-refractivity contribution is 7.93. The lowest BCUT2D eigenvalue weighted by Crippen LogP contribution is -2.20. The van der Waals surface area contributed by atoms with Crippen molar-refractivity contribution < 1.29 is 22.9 Å². The van der Waals surface area contributed by atoms with Crippen molar-refractivity contribution in [3.63, 3.8) is 0 Å². The summed E-state index contributed by atoms with van der Waals surface area (Å²) in [7, 11) is -3.90. The van der Waals surface area contributed by atoms with E-state index in [2.05, 4.69) is 14.7 Å². The van der Waals surface area contributed by atoms with Crippen LogP contribution in [-0.2, 0) is 34.0 Å². The van der Waals surface area contributed by atoms with Crippen molar-refractivity contribution in [2.75, 3.05) is 5.32 Å². The number of nitrogens with zero attached hydrogens (tertiary/aromatic N) is 2. The lowest BCUT2D eigenvalue weighted by atomic mass is 10.0. The number of carbonyl (C=O) groups excluding carboxylic acids is 1. The third-order valence-corrected chi connectivity index (χ3v) is 8.90. The second-order valence-corrected chi connectivity index (χ2v) is 11.6. The summed E-state index contributed by atoms with van der Waals surface area (Å²) < 4.78 is 45.1. The van der Waals surface area contributed by atoms with Crippen LogP contribution in [0.3, 0.4) is 0 Å². The van der Waals surface area contributed by atoms with E-state index in [0.29, 0.717) is 54.0 Å². The summed E-state index contributed by atoms with van der Waals surface area (Å²) >= 11 is 0.700. The molecule has 2 heterocycles. The van der Waals surface area contributed by atoms with Gasteiger partial charge in [-0.05, 0) is 70.1 Å². The molecule has 7 nitrogen and oxygen atoms in total. The molecule has 168 valence electrons. The van der Waals surface area contributed by atoms with Crippen molar-refractivity contribution >= 4 is 33.0 Å². The number of pyridine rings is 1. The highest BCUT2D eigenvalue weighted by Crippen LogP contribution is 2.51. The SMILES string of the molecule is Cc1c(C2(F)CC2)nc2c(c1NC(=O)N=S(N)(=O)c1sc(C(C)(C)O)cc1F)CCC2. The first-order chi connectivity index (χ1) is 14.3. The lowest BCUT2D eigenvalue weighted by molar-refractivity contribution is 0.0823. The number of rotatable bonds is 4. The Hall–Kier alpha value is -1.95. The number of aliphatic hydroxyl groups is 1. The number of hydrogen-bond donors (Lipinski definition) is 3. The first kappa shape index (κ1) is 22.3. The van der Waals surface area contributed by atoms with E-state index in [1.807, 2.05) is 0 Å². The molecule has 0 saturated heterocycles. The summed E-state index contributed by atoms with van der Waals surface area (Å²) in [6.45, 7) is 4.59. The molecule has 2 amide bonds. The second-order valence-electron chi connectivity index (χ2n) is 8.60. The van der Waals surface area contributed by atoms with E-state index in [1.54, 1.807) is 6.92 Å². The largest absolute Gasteiger partial charge is 0.385 e. The standard InChI is InChI=1S/C20H24F2N4O3S2/c1-10-15(11-5-4-6-13(11)24-16(10)20(22)7-8-20)25-18(27)26-31(23,29)17-12(21)9-14(30-17)19(2,3)28/h9,28H,4-8H2,1-3H3,(H3,23,24,25,26,27,29). The molecular weight excluding hydrogens is 446 g/mol. The number of urea groups is 1. The number of thiophene rings is 1. The van der Waals surface area contributed by atoms with Gasteiger partial charge in [0.1, 0.15) is 0 Å². The molecule has 1 saturated carbocycles. The molecule has 2 aliphatic carbocycles. The molecule has 0 aliphatic heterocycles. The Morgan fingerprint density at radius 1 is 1.42 bits per heavy atom. The van der Waals surface area contributed by atoms with Gasteiger partial charge in [0.05, 0.1) is 17.0 Å². The monoisotopic (exact) mass is 470 g/mol. The fourth-order valence-electron chi connectivity index (χ4n) is 3.78. The van der Waals surface area contributed by atoms with Crippen LogP contribution in [0.2, 0.25) is 0 Å². The zero-order chi connectivity index (χ0) is 22.8. The van der Waals surface area contributed by atoms with Gasteiger partial charge < -0.3 is 10.4 Å². The molecule has 4 rings (SSSR count). The molecule has 2 aromatic rings. The Morgan fingerprint density at radius 2 is 2.10 bits per heavy atom. The van der Waals surface area contributed by atoms with Crippen LogP contribution in [0.25, 0.3) is 0 Å². The van der Waals surface area contributed by atoms with Crippen LogP contribution < -0.4 is 10.5 Å². The van der Waals surface area contributed by atoms with Crippen LogP contribution in [0.4, 0.5) is 19.3 Å². The minimum Gasteiger partial charge on any atom is -0.385 e. The van der Waals surface area contributed by atoms with E-state index in [9.17, 15) is 22.9 Å². The molecule has 0 spiro atoms. The molecule has 0 aromatic carbocycles. The van der Waals surface area contributed by atoms with Crippen LogP contribution in [0.1, 0.15) is 60.5 Å². The molecule has 2 aliphatic rings. The van der Waals surface area contributed by atoms with Crippen molar-refractivity contribution in [2.24, 2.45) is 9.50 Å². The van der Waals surface area contributed by atoms with Crippen molar-refractivity contribution in [1.82, 2.24) is 4.98 Å². The van der Waals surface area contributed by atoms with Gasteiger partial charge in [0.15, 0.2) is 25.6 Å². The normalized spacial score (nSPS) is 18.9. The number of carbonyl (C=O) groups is 1. The number of alkyl halides is 1. The molecule has 31 heavy (non-hydrogen) atoms. The van der Waals surface area contributed by atoms with Gasteiger partial charge in [0.2, 0.25) is 0 Å². The molecule has 1 atom stereocenters. The molecule has 0 bridgehead atoms. The predicted molar refractivity (Wildman–Crippen MR) is 115 cm³/mol. The Kier molecular flexibility index (Phi) is 5.23. The van der Waals surface area contributed by atoms with Crippen LogP contribution >= 0.6 is 11.3 Å². The Balaban J connectivity index is 1.70. The third-order valence-electron chi connectivity index (χ3n) is 5.56. The number of aryl methyl sites for hydroxylation is 1. The number of fused-ring (bicyclic) bond motifs is 1. The molecule has 1 fully saturated rings. The van der Waals surface area contributed by atoms with Gasteiger partial charge in [-0.1, -0.05) is 0 Å². The van der Waals surface area contributed by atoms with Crippen molar-refractivity contribution in [3.8, 4) is 0 Å². The van der Waals surface area contributed by atoms with Gasteiger partial charge in [-0.25, -0.2) is 22.9 Å². The lowest BCUT2D eigenvalue weighted by Gasteiger charge is -2.17. The van der Waals surface area contributed by atoms with Gasteiger partial charge in [-0.3, -0.25) is 4.98 Å². The summed E-state index contributed by atoms with van der Waals surface area (Å²) in [4.78, 5) is 17.3. The molecule has 0 radical (unpaired) electrons. The number of hydrogen-bond acceptors (Lipinski definition) is 5. The number of nitrogens with two attached hydrogens (primary N) is 1. The number of amides is 2. The van der Waals surface area contributed by atoms with Gasteiger partial charge >= 0.3 is 6.03 Å². The Morgan fingerprint density at radius 3 is 2.68 bits per heavy atom. The Labute approximate surface area is 183 Å². The summed E-state index contributed by atoms with van der Waals surface area (Å²) in [6, 6.07) is 0.0192. The summed E-state index contributed by atoms with van der Waals surface area (Å²) in [5.74, 6) is -0.900. The van der Waals surface area contributed by atoms with Crippen molar-refractivity contribution in [1.29, 1.82) is 0 Å². The maximum atomic E-state index is 14.8. The zero-order valence-electron chi connectivity index (χ0n) is 17.4. The maximum Gasteiger partial charge on any atom is 0.354 e. The highest BCUT2D eigenvalue weighted by atomic mass is 32.2. The molecule has 1 unspecified atom stereocenters. The first-order valence-corrected chi connectivity index (χ1v) is 12.3. The topological polar surface area (TPSA) is 118 Å². The van der Waals surface area contributed by atoms with E-state index >= 15 is 0 Å². The fraction of sp³-hybridized carbons (Fsp3) is 0.500. The summed E-state index contributed by atoms with van der Waals surface area (Å²) in [6.07, 6.45) is 2.96. The van der Waals surface area contributed by atoms with Gasteiger partial charge in [0, 0.05) is 10.6 Å². The zero-order valence-corrected chi connectivity index (χ0v) is 19.1. The van der Waals surface area contributed by atoms with E-state index in [-0.39, 0.29) is 4.88 Å². The number of anilines is 1. The third kappa shape index (κ3) is 4.11. The molecule has 2 aromatic heterocycles. The predicted octanol–water partition coefficient (Wildman–Crippen LogP) is 4.20. The maximum absolute atomic E-state index is 14.8. The van der Waals surface area contributed by atoms with Gasteiger partial charge in [-0.2, -0.15) is 0 Å². The van der Waals surface area contributed by atoms with Gasteiger partial charge in [0.25, 0.3) is 0 Å². The first-order valence-electron chi connectivity index (χ1n) is 9.92. The number of aromatic nitrogens is 1. The van der Waals surface area contributed by atoms with Crippen molar-refractivity contribution in [3.05, 3.63) is 39.3 Å². The second kappa shape index (κ2) is 7.29. The van der Waals surface area contributed by atoms with Crippen LogP contribution in [-0.4, -0.2) is 20.3 Å².